The van der Waals surface area contributed by atoms with Crippen molar-refractivity contribution in [1.82, 2.24) is 4.57 Å². The summed E-state index contributed by atoms with van der Waals surface area (Å²) in [7, 11) is 1.55. The second kappa shape index (κ2) is 5.69. The van der Waals surface area contributed by atoms with Gasteiger partial charge in [-0.2, -0.15) is 5.26 Å². The van der Waals surface area contributed by atoms with Gasteiger partial charge >= 0.3 is 0 Å². The third-order valence-corrected chi connectivity index (χ3v) is 4.26. The zero-order chi connectivity index (χ0) is 17.5. The first-order valence-corrected chi connectivity index (χ1v) is 7.62. The Balaban J connectivity index is 2.30. The van der Waals surface area contributed by atoms with E-state index in [9.17, 15) is 10.1 Å². The minimum absolute atomic E-state index is 0.146. The van der Waals surface area contributed by atoms with Gasteiger partial charge in [-0.1, -0.05) is 6.07 Å². The van der Waals surface area contributed by atoms with Gasteiger partial charge in [0.1, 0.15) is 17.6 Å². The van der Waals surface area contributed by atoms with Crippen LogP contribution in [-0.4, -0.2) is 17.3 Å². The molecule has 0 radical (unpaired) electrons. The number of nitrogens with zero attached hydrogens (tertiary/aromatic N) is 2. The lowest BCUT2D eigenvalue weighted by molar-refractivity contribution is -0.0408. The molecule has 0 amide bonds. The van der Waals surface area contributed by atoms with E-state index in [4.69, 9.17) is 15.2 Å². The lowest BCUT2D eigenvalue weighted by atomic mass is 9.89. The molecule has 6 nitrogen and oxygen atoms in total. The standard InChI is InChI=1S/C18H19N3O3/c1-18(2)8-13-14(9-19)16(20)21(17(22)15(13)10-24-18)11-5-4-6-12(7-11)23-3/h4-7H,8,10,20H2,1-3H3. The van der Waals surface area contributed by atoms with E-state index in [1.54, 1.807) is 31.4 Å². The zero-order valence-corrected chi connectivity index (χ0v) is 13.9. The van der Waals surface area contributed by atoms with Gasteiger partial charge in [-0.3, -0.25) is 9.36 Å². The van der Waals surface area contributed by atoms with Gasteiger partial charge in [0.05, 0.1) is 30.6 Å². The second-order valence-corrected chi connectivity index (χ2v) is 6.40. The van der Waals surface area contributed by atoms with Crippen molar-refractivity contribution in [3.63, 3.8) is 0 Å². The van der Waals surface area contributed by atoms with Crippen molar-refractivity contribution in [3.8, 4) is 17.5 Å². The Morgan fingerprint density at radius 2 is 2.12 bits per heavy atom. The first kappa shape index (κ1) is 16.1. The normalized spacial score (nSPS) is 15.4. The van der Waals surface area contributed by atoms with Gasteiger partial charge in [0, 0.05) is 18.1 Å². The number of fused-ring (bicyclic) bond motifs is 1. The van der Waals surface area contributed by atoms with Crippen molar-refractivity contribution in [2.24, 2.45) is 0 Å². The van der Waals surface area contributed by atoms with E-state index >= 15 is 0 Å². The first-order valence-electron chi connectivity index (χ1n) is 7.62. The Bertz CT molecular complexity index is 907. The van der Waals surface area contributed by atoms with E-state index in [1.807, 2.05) is 13.8 Å². The summed E-state index contributed by atoms with van der Waals surface area (Å²) in [6, 6.07) is 9.16. The van der Waals surface area contributed by atoms with Crippen LogP contribution in [0.5, 0.6) is 5.75 Å². The van der Waals surface area contributed by atoms with Crippen LogP contribution in [0.4, 0.5) is 5.82 Å². The highest BCUT2D eigenvalue weighted by atomic mass is 16.5. The summed E-state index contributed by atoms with van der Waals surface area (Å²) in [5, 5.41) is 9.60. The molecule has 124 valence electrons. The molecule has 2 heterocycles. The van der Waals surface area contributed by atoms with Gasteiger partial charge in [-0.15, -0.1) is 0 Å². The molecule has 1 aromatic carbocycles. The summed E-state index contributed by atoms with van der Waals surface area (Å²) in [6.07, 6.45) is 0.476. The van der Waals surface area contributed by atoms with E-state index in [-0.39, 0.29) is 18.0 Å². The number of pyridine rings is 1. The molecule has 1 aromatic heterocycles. The topological polar surface area (TPSA) is 90.3 Å². The van der Waals surface area contributed by atoms with E-state index < -0.39 is 5.60 Å². The number of ether oxygens (including phenoxy) is 2. The molecule has 0 bridgehead atoms. The van der Waals surface area contributed by atoms with Crippen LogP contribution in [0.1, 0.15) is 30.5 Å². The number of nitrogen functional groups attached to an aromatic ring is 1. The van der Waals surface area contributed by atoms with Gasteiger partial charge in [0.25, 0.3) is 5.56 Å². The van der Waals surface area contributed by atoms with Gasteiger partial charge in [-0.25, -0.2) is 0 Å². The third-order valence-electron chi connectivity index (χ3n) is 4.26. The zero-order valence-electron chi connectivity index (χ0n) is 13.9. The highest BCUT2D eigenvalue weighted by Crippen LogP contribution is 2.31. The molecule has 0 saturated heterocycles. The predicted molar refractivity (Wildman–Crippen MR) is 90.3 cm³/mol. The minimum Gasteiger partial charge on any atom is -0.497 e. The molecule has 0 unspecified atom stereocenters. The molecule has 0 spiro atoms. The molecule has 2 aromatic rings. The van der Waals surface area contributed by atoms with Crippen LogP contribution >= 0.6 is 0 Å². The van der Waals surface area contributed by atoms with Gasteiger partial charge in [0.2, 0.25) is 0 Å². The Kier molecular flexibility index (Phi) is 3.82. The number of aromatic nitrogens is 1. The first-order chi connectivity index (χ1) is 11.4. The van der Waals surface area contributed by atoms with E-state index in [1.165, 1.54) is 4.57 Å². The quantitative estimate of drug-likeness (QED) is 0.913. The average Bonchev–Trinajstić information content (AvgIpc) is 2.54. The summed E-state index contributed by atoms with van der Waals surface area (Å²) in [5.74, 6) is 0.750. The van der Waals surface area contributed by atoms with Gasteiger partial charge in [0.15, 0.2) is 0 Å². The van der Waals surface area contributed by atoms with Crippen LogP contribution < -0.4 is 16.0 Å². The number of nitrogens with two attached hydrogens (primary N) is 1. The highest BCUT2D eigenvalue weighted by Gasteiger charge is 2.32. The molecule has 0 aliphatic carbocycles. The van der Waals surface area contributed by atoms with E-state index in [0.29, 0.717) is 34.5 Å². The average molecular weight is 325 g/mol. The lowest BCUT2D eigenvalue weighted by Gasteiger charge is -2.32. The summed E-state index contributed by atoms with van der Waals surface area (Å²) >= 11 is 0. The maximum absolute atomic E-state index is 13.0. The van der Waals surface area contributed by atoms with Crippen molar-refractivity contribution in [2.75, 3.05) is 12.8 Å². The lowest BCUT2D eigenvalue weighted by Crippen LogP contribution is -2.38. The van der Waals surface area contributed by atoms with Crippen molar-refractivity contribution in [1.29, 1.82) is 5.26 Å². The number of hydrogen-bond donors (Lipinski definition) is 1. The number of benzene rings is 1. The fourth-order valence-electron chi connectivity index (χ4n) is 3.01. The Hall–Kier alpha value is -2.78. The molecular formula is C18H19N3O3. The Morgan fingerprint density at radius 1 is 1.38 bits per heavy atom. The summed E-state index contributed by atoms with van der Waals surface area (Å²) in [6.45, 7) is 4.03. The van der Waals surface area contributed by atoms with Crippen molar-refractivity contribution < 1.29 is 9.47 Å². The molecule has 0 saturated carbocycles. The van der Waals surface area contributed by atoms with Crippen molar-refractivity contribution in [3.05, 3.63) is 51.3 Å². The minimum atomic E-state index is -0.431. The van der Waals surface area contributed by atoms with Crippen molar-refractivity contribution >= 4 is 5.82 Å². The van der Waals surface area contributed by atoms with Gasteiger partial charge < -0.3 is 15.2 Å². The molecule has 2 N–H and O–H groups in total. The summed E-state index contributed by atoms with van der Waals surface area (Å²) in [5.41, 5.74) is 7.57. The molecule has 6 heteroatoms. The molecule has 0 fully saturated rings. The largest absolute Gasteiger partial charge is 0.497 e. The monoisotopic (exact) mass is 325 g/mol. The number of rotatable bonds is 2. The maximum Gasteiger partial charge on any atom is 0.262 e. The fraction of sp³-hybridized carbons (Fsp3) is 0.333. The SMILES string of the molecule is COc1cccc(-n2c(N)c(C#N)c3c(c2=O)COC(C)(C)C3)c1. The third kappa shape index (κ3) is 2.53. The van der Waals surface area contributed by atoms with Crippen LogP contribution in [0.2, 0.25) is 0 Å². The van der Waals surface area contributed by atoms with Crippen LogP contribution in [-0.2, 0) is 17.8 Å². The van der Waals surface area contributed by atoms with E-state index in [2.05, 4.69) is 6.07 Å². The van der Waals surface area contributed by atoms with Crippen LogP contribution in [0.25, 0.3) is 5.69 Å². The fourth-order valence-corrected chi connectivity index (χ4v) is 3.01. The van der Waals surface area contributed by atoms with Crippen molar-refractivity contribution in [2.45, 2.75) is 32.5 Å². The van der Waals surface area contributed by atoms with Crippen LogP contribution in [0.3, 0.4) is 0 Å². The smallest absolute Gasteiger partial charge is 0.262 e. The molecule has 3 rings (SSSR count). The number of methoxy groups -OCH3 is 1. The van der Waals surface area contributed by atoms with Crippen LogP contribution in [0, 0.1) is 11.3 Å². The number of hydrogen-bond acceptors (Lipinski definition) is 5. The molecule has 1 aliphatic heterocycles. The Labute approximate surface area is 140 Å². The summed E-state index contributed by atoms with van der Waals surface area (Å²) in [4.78, 5) is 13.0. The van der Waals surface area contributed by atoms with E-state index in [0.717, 1.165) is 0 Å². The maximum atomic E-state index is 13.0. The number of anilines is 1. The molecule has 1 aliphatic rings. The molecule has 0 atom stereocenters. The second-order valence-electron chi connectivity index (χ2n) is 6.40. The predicted octanol–water partition coefficient (Wildman–Crippen LogP) is 2.15. The molecular weight excluding hydrogens is 306 g/mol. The van der Waals surface area contributed by atoms with Crippen LogP contribution in [0.15, 0.2) is 29.1 Å². The summed E-state index contributed by atoms with van der Waals surface area (Å²) < 4.78 is 12.3. The number of nitriles is 1. The Morgan fingerprint density at radius 3 is 2.79 bits per heavy atom. The molecule has 24 heavy (non-hydrogen) atoms. The highest BCUT2D eigenvalue weighted by molar-refractivity contribution is 5.61. The van der Waals surface area contributed by atoms with Gasteiger partial charge in [-0.05, 0) is 31.5 Å².